The zero-order valence-electron chi connectivity index (χ0n) is 32.5. The molecule has 3 aliphatic heterocycles. The van der Waals surface area contributed by atoms with E-state index in [1.165, 1.54) is 18.3 Å². The second kappa shape index (κ2) is 17.1. The molecule has 61 heavy (non-hydrogen) atoms. The number of hydrogen-bond donors (Lipinski definition) is 4. The Kier molecular flexibility index (Phi) is 11.6. The second-order valence-electron chi connectivity index (χ2n) is 15.2. The lowest BCUT2D eigenvalue weighted by Gasteiger charge is -2.36. The Balaban J connectivity index is 0.870. The normalized spacial score (nSPS) is 19.0. The number of piperidine rings is 1. The Morgan fingerprint density at radius 3 is 2.34 bits per heavy atom. The summed E-state index contributed by atoms with van der Waals surface area (Å²) >= 11 is 0. The Bertz CT molecular complexity index is 2650. The van der Waals surface area contributed by atoms with E-state index in [-0.39, 0.29) is 36.9 Å². The number of ketones is 1. The lowest BCUT2D eigenvalue weighted by atomic mass is 9.99. The number of alkyl halides is 1. The highest BCUT2D eigenvalue weighted by molar-refractivity contribution is 7.90. The number of nitrogens with zero attached hydrogens (tertiary/aromatic N) is 4. The van der Waals surface area contributed by atoms with Crippen molar-refractivity contribution < 1.29 is 45.2 Å². The topological polar surface area (TPSA) is 177 Å². The number of anilines is 2. The van der Waals surface area contributed by atoms with Crippen molar-refractivity contribution in [3.05, 3.63) is 113 Å². The van der Waals surface area contributed by atoms with Gasteiger partial charge in [-0.1, -0.05) is 24.3 Å². The average molecular weight is 861 g/mol. The Morgan fingerprint density at radius 1 is 0.869 bits per heavy atom. The van der Waals surface area contributed by atoms with Gasteiger partial charge in [-0.05, 0) is 66.8 Å². The van der Waals surface area contributed by atoms with Gasteiger partial charge in [0.25, 0.3) is 5.91 Å². The summed E-state index contributed by atoms with van der Waals surface area (Å²) in [5.74, 6) is -6.08. The number of halogens is 4. The van der Waals surface area contributed by atoms with Crippen LogP contribution in [-0.4, -0.2) is 109 Å². The number of amides is 3. The summed E-state index contributed by atoms with van der Waals surface area (Å²) < 4.78 is 87.9. The lowest BCUT2D eigenvalue weighted by molar-refractivity contribution is -0.134. The number of carbonyl (C=O) groups is 4. The first-order chi connectivity index (χ1) is 29.2. The van der Waals surface area contributed by atoms with E-state index in [1.807, 2.05) is 33.9 Å². The van der Waals surface area contributed by atoms with E-state index >= 15 is 13.2 Å². The van der Waals surface area contributed by atoms with Crippen molar-refractivity contribution in [2.45, 2.75) is 37.9 Å². The molecule has 0 saturated carbocycles. The minimum atomic E-state index is -4.37. The molecule has 2 atom stereocenters. The van der Waals surface area contributed by atoms with E-state index < -0.39 is 81.2 Å². The van der Waals surface area contributed by atoms with E-state index in [0.29, 0.717) is 35.4 Å². The van der Waals surface area contributed by atoms with Gasteiger partial charge in [0.1, 0.15) is 29.5 Å². The minimum absolute atomic E-state index is 0.00833. The molecule has 3 fully saturated rings. The molecule has 2 aromatic heterocycles. The molecule has 8 rings (SSSR count). The number of imide groups is 1. The van der Waals surface area contributed by atoms with Crippen LogP contribution in [0.5, 0.6) is 0 Å². The molecular weight excluding hydrogens is 821 g/mol. The number of aromatic nitrogens is 2. The summed E-state index contributed by atoms with van der Waals surface area (Å²) in [5, 5.41) is 4.97. The van der Waals surface area contributed by atoms with E-state index in [0.717, 1.165) is 53.6 Å². The highest BCUT2D eigenvalue weighted by Gasteiger charge is 2.34. The molecule has 5 heterocycles. The zero-order valence-corrected chi connectivity index (χ0v) is 33.3. The lowest BCUT2D eigenvalue weighted by Crippen LogP contribution is -2.52. The molecule has 3 aliphatic rings. The predicted molar refractivity (Wildman–Crippen MR) is 217 cm³/mol. The summed E-state index contributed by atoms with van der Waals surface area (Å²) in [5.41, 5.74) is 1.57. The maximum absolute atomic E-state index is 15.7. The largest absolute Gasteiger partial charge is 0.369 e. The van der Waals surface area contributed by atoms with Crippen LogP contribution in [0.3, 0.4) is 0 Å². The maximum atomic E-state index is 15.7. The van der Waals surface area contributed by atoms with Crippen LogP contribution in [-0.2, 0) is 26.2 Å². The first kappa shape index (κ1) is 41.5. The van der Waals surface area contributed by atoms with Crippen LogP contribution < -0.4 is 20.3 Å². The molecule has 5 aromatic rings. The molecule has 4 N–H and O–H groups in total. The third-order valence-corrected chi connectivity index (χ3v) is 12.7. The third-order valence-electron chi connectivity index (χ3n) is 11.2. The first-order valence-corrected chi connectivity index (χ1v) is 21.1. The van der Waals surface area contributed by atoms with Gasteiger partial charge in [-0.2, -0.15) is 12.7 Å². The quantitative estimate of drug-likeness (QED) is 0.0801. The standard InChI is InChI=1S/C42H40F4N8O6S/c43-27-12-14-54(23-27)61(59,60)51-34-8-7-32(44)37(38(34)46)39(56)31-22-48-40-30(31)19-26(21-47-40)25-3-1-24(2-4-25)11-13-52-15-17-53(18-16-52)28-5-6-29(33(45)20-28)41(57)49-35-9-10-36(55)50-42(35)58/h1-8,19-22,27,35,51H,9-18,23H2,(H,47,48)(H,49,57)(H,50,55,58)/t27-,35+/m1/s1. The number of rotatable bonds is 12. The van der Waals surface area contributed by atoms with Crippen LogP contribution in [0.4, 0.5) is 28.9 Å². The monoisotopic (exact) mass is 860 g/mol. The smallest absolute Gasteiger partial charge is 0.301 e. The van der Waals surface area contributed by atoms with Gasteiger partial charge in [-0.3, -0.25) is 34.1 Å². The Morgan fingerprint density at radius 2 is 1.64 bits per heavy atom. The Labute approximate surface area is 347 Å². The molecule has 0 bridgehead atoms. The highest BCUT2D eigenvalue weighted by Crippen LogP contribution is 2.31. The third kappa shape index (κ3) is 8.85. The van der Waals surface area contributed by atoms with Crippen molar-refractivity contribution in [2.24, 2.45) is 0 Å². The van der Waals surface area contributed by atoms with Crippen molar-refractivity contribution in [3.63, 3.8) is 0 Å². The van der Waals surface area contributed by atoms with E-state index in [2.05, 4.69) is 25.5 Å². The predicted octanol–water partition coefficient (Wildman–Crippen LogP) is 4.48. The average Bonchev–Trinajstić information content (AvgIpc) is 3.89. The van der Waals surface area contributed by atoms with Gasteiger partial charge in [0.15, 0.2) is 5.82 Å². The number of hydrogen-bond acceptors (Lipinski definition) is 9. The van der Waals surface area contributed by atoms with Crippen LogP contribution >= 0.6 is 0 Å². The number of nitrogens with one attached hydrogen (secondary N) is 4. The van der Waals surface area contributed by atoms with Gasteiger partial charge < -0.3 is 15.2 Å². The number of fused-ring (bicyclic) bond motifs is 1. The van der Waals surface area contributed by atoms with Crippen molar-refractivity contribution in [3.8, 4) is 11.1 Å². The van der Waals surface area contributed by atoms with Crippen LogP contribution in [0.2, 0.25) is 0 Å². The summed E-state index contributed by atoms with van der Waals surface area (Å²) in [7, 11) is -4.37. The van der Waals surface area contributed by atoms with E-state index in [1.54, 1.807) is 18.3 Å². The fraction of sp³-hybridized carbons (Fsp3) is 0.310. The van der Waals surface area contributed by atoms with Crippen LogP contribution in [0.15, 0.2) is 73.1 Å². The Hall–Kier alpha value is -6.18. The summed E-state index contributed by atoms with van der Waals surface area (Å²) in [4.78, 5) is 61.3. The number of pyridine rings is 1. The van der Waals surface area contributed by atoms with Crippen molar-refractivity contribution >= 4 is 56.1 Å². The van der Waals surface area contributed by atoms with E-state index in [9.17, 15) is 32.0 Å². The van der Waals surface area contributed by atoms with Crippen molar-refractivity contribution in [2.75, 3.05) is 55.4 Å². The molecule has 3 aromatic carbocycles. The first-order valence-electron chi connectivity index (χ1n) is 19.7. The number of H-pyrrole nitrogens is 1. The van der Waals surface area contributed by atoms with Crippen molar-refractivity contribution in [1.82, 2.24) is 29.8 Å². The fourth-order valence-corrected chi connectivity index (χ4v) is 9.03. The maximum Gasteiger partial charge on any atom is 0.301 e. The number of aromatic amines is 1. The van der Waals surface area contributed by atoms with Crippen molar-refractivity contribution in [1.29, 1.82) is 0 Å². The highest BCUT2D eigenvalue weighted by atomic mass is 32.2. The number of piperazine rings is 1. The molecular formula is C42H40F4N8O6S. The van der Waals surface area contributed by atoms with Gasteiger partial charge >= 0.3 is 10.2 Å². The molecule has 19 heteroatoms. The van der Waals surface area contributed by atoms with E-state index in [4.69, 9.17) is 0 Å². The summed E-state index contributed by atoms with van der Waals surface area (Å²) in [6.45, 7) is 3.01. The fourth-order valence-electron chi connectivity index (χ4n) is 7.77. The molecule has 0 aliphatic carbocycles. The van der Waals surface area contributed by atoms with Gasteiger partial charge in [-0.15, -0.1) is 0 Å². The van der Waals surface area contributed by atoms with Gasteiger partial charge in [0.2, 0.25) is 17.6 Å². The molecule has 0 unspecified atom stereocenters. The van der Waals surface area contributed by atoms with Crippen LogP contribution in [0.25, 0.3) is 22.2 Å². The van der Waals surface area contributed by atoms with Crippen LogP contribution in [0, 0.1) is 17.5 Å². The van der Waals surface area contributed by atoms with Gasteiger partial charge in [0, 0.05) is 86.8 Å². The minimum Gasteiger partial charge on any atom is -0.369 e. The zero-order chi connectivity index (χ0) is 43.0. The summed E-state index contributed by atoms with van der Waals surface area (Å²) in [6.07, 6.45) is 2.52. The molecule has 0 radical (unpaired) electrons. The number of carbonyl (C=O) groups excluding carboxylic acids is 4. The second-order valence-corrected chi connectivity index (χ2v) is 16.9. The van der Waals surface area contributed by atoms with Gasteiger partial charge in [0.05, 0.1) is 16.8 Å². The summed E-state index contributed by atoms with van der Waals surface area (Å²) in [6, 6.07) is 14.6. The number of benzene rings is 3. The van der Waals surface area contributed by atoms with Crippen LogP contribution in [0.1, 0.15) is 51.1 Å². The van der Waals surface area contributed by atoms with Gasteiger partial charge in [-0.25, -0.2) is 22.5 Å². The molecule has 318 valence electrons. The SMILES string of the molecule is O=C1CC[C@H](NC(=O)c2ccc(N3CCN(CCc4ccc(-c5cnc6[nH]cc(C(=O)c7c(F)ccc(NS(=O)(=O)N8CC[C@@H](F)C8)c7F)c6c5)cc4)CC3)cc2F)C(=O)N1. The molecule has 3 saturated heterocycles. The molecule has 14 nitrogen and oxygen atoms in total. The molecule has 3 amide bonds. The molecule has 0 spiro atoms.